The van der Waals surface area contributed by atoms with Crippen LogP contribution in [-0.4, -0.2) is 17.0 Å². The maximum absolute atomic E-state index is 11.1. The summed E-state index contributed by atoms with van der Waals surface area (Å²) in [5, 5.41) is 11.2. The molecule has 2 N–H and O–H groups in total. The summed E-state index contributed by atoms with van der Waals surface area (Å²) in [6, 6.07) is 5.36. The average molecular weight is 203 g/mol. The number of hydrogen-bond donors (Lipinski definition) is 2. The van der Waals surface area contributed by atoms with E-state index in [1.54, 1.807) is 12.1 Å². The predicted octanol–water partition coefficient (Wildman–Crippen LogP) is 1.28. The summed E-state index contributed by atoms with van der Waals surface area (Å²) in [6.07, 6.45) is 2.95. The lowest BCUT2D eigenvalue weighted by Gasteiger charge is -1.98. The molecule has 0 radical (unpaired) electrons. The molecular weight excluding hydrogens is 194 g/mol. The molecule has 15 heavy (non-hydrogen) atoms. The standard InChI is InChI=1S/C11H9NO3/c13-10-6-8-5-7(2-4-11(14)15)1-3-9(8)12-10/h1-5H,6H2,(H,12,13)(H,14,15). The summed E-state index contributed by atoms with van der Waals surface area (Å²) in [5.41, 5.74) is 2.51. The topological polar surface area (TPSA) is 66.4 Å². The second-order valence-electron chi connectivity index (χ2n) is 3.31. The van der Waals surface area contributed by atoms with Gasteiger partial charge in [-0.3, -0.25) is 4.79 Å². The lowest BCUT2D eigenvalue weighted by atomic mass is 10.1. The van der Waals surface area contributed by atoms with Crippen molar-refractivity contribution in [3.05, 3.63) is 35.4 Å². The number of carboxylic acid groups (broad SMARTS) is 1. The van der Waals surface area contributed by atoms with Crippen molar-refractivity contribution in [2.24, 2.45) is 0 Å². The van der Waals surface area contributed by atoms with E-state index in [9.17, 15) is 9.59 Å². The third-order valence-electron chi connectivity index (χ3n) is 2.17. The van der Waals surface area contributed by atoms with Gasteiger partial charge in [0.2, 0.25) is 5.91 Å². The van der Waals surface area contributed by atoms with Crippen LogP contribution in [0.15, 0.2) is 24.3 Å². The Balaban J connectivity index is 2.27. The average Bonchev–Trinajstić information content (AvgIpc) is 2.53. The Morgan fingerprint density at radius 3 is 3.00 bits per heavy atom. The van der Waals surface area contributed by atoms with Gasteiger partial charge in [-0.05, 0) is 29.3 Å². The zero-order chi connectivity index (χ0) is 10.8. The van der Waals surface area contributed by atoms with Crippen LogP contribution in [0.3, 0.4) is 0 Å². The summed E-state index contributed by atoms with van der Waals surface area (Å²) in [7, 11) is 0. The van der Waals surface area contributed by atoms with Crippen molar-refractivity contribution in [3.63, 3.8) is 0 Å². The third kappa shape index (κ3) is 2.04. The van der Waals surface area contributed by atoms with Crippen LogP contribution in [-0.2, 0) is 16.0 Å². The molecule has 1 heterocycles. The van der Waals surface area contributed by atoms with E-state index < -0.39 is 5.97 Å². The molecule has 0 spiro atoms. The minimum Gasteiger partial charge on any atom is -0.478 e. The Labute approximate surface area is 86.2 Å². The predicted molar refractivity (Wildman–Crippen MR) is 55.4 cm³/mol. The van der Waals surface area contributed by atoms with E-state index in [1.165, 1.54) is 6.08 Å². The second kappa shape index (κ2) is 3.57. The van der Waals surface area contributed by atoms with Crippen molar-refractivity contribution in [1.29, 1.82) is 0 Å². The number of nitrogens with one attached hydrogen (secondary N) is 1. The minimum atomic E-state index is -0.982. The van der Waals surface area contributed by atoms with Crippen molar-refractivity contribution < 1.29 is 14.7 Å². The van der Waals surface area contributed by atoms with Crippen molar-refractivity contribution in [1.82, 2.24) is 0 Å². The highest BCUT2D eigenvalue weighted by Crippen LogP contribution is 2.24. The van der Waals surface area contributed by atoms with Gasteiger partial charge in [0.15, 0.2) is 0 Å². The molecule has 4 heteroatoms. The Morgan fingerprint density at radius 2 is 2.27 bits per heavy atom. The number of carbonyl (C=O) groups is 2. The number of hydrogen-bond acceptors (Lipinski definition) is 2. The highest BCUT2D eigenvalue weighted by atomic mass is 16.4. The number of benzene rings is 1. The van der Waals surface area contributed by atoms with Gasteiger partial charge in [0.05, 0.1) is 6.42 Å². The second-order valence-corrected chi connectivity index (χ2v) is 3.31. The van der Waals surface area contributed by atoms with Gasteiger partial charge >= 0.3 is 5.97 Å². The van der Waals surface area contributed by atoms with E-state index in [0.717, 1.165) is 22.9 Å². The molecule has 0 aliphatic carbocycles. The van der Waals surface area contributed by atoms with Crippen molar-refractivity contribution in [3.8, 4) is 0 Å². The number of aliphatic carboxylic acids is 1. The van der Waals surface area contributed by atoms with Gasteiger partial charge in [0.25, 0.3) is 0 Å². The number of carboxylic acids is 1. The molecule has 1 aromatic carbocycles. The highest BCUT2D eigenvalue weighted by Gasteiger charge is 2.16. The van der Waals surface area contributed by atoms with Crippen molar-refractivity contribution >= 4 is 23.6 Å². The fraction of sp³-hybridized carbons (Fsp3) is 0.0909. The lowest BCUT2D eigenvalue weighted by Crippen LogP contribution is -2.03. The molecule has 0 saturated carbocycles. The molecule has 76 valence electrons. The van der Waals surface area contributed by atoms with Crippen LogP contribution in [0.1, 0.15) is 11.1 Å². The molecule has 1 aliphatic heterocycles. The van der Waals surface area contributed by atoms with Crippen LogP contribution < -0.4 is 5.32 Å². The molecule has 1 aromatic rings. The van der Waals surface area contributed by atoms with Gasteiger partial charge < -0.3 is 10.4 Å². The van der Waals surface area contributed by atoms with Crippen LogP contribution in [0.2, 0.25) is 0 Å². The fourth-order valence-electron chi connectivity index (χ4n) is 1.52. The zero-order valence-electron chi connectivity index (χ0n) is 7.86. The third-order valence-corrected chi connectivity index (χ3v) is 2.17. The zero-order valence-corrected chi connectivity index (χ0v) is 7.86. The van der Waals surface area contributed by atoms with E-state index in [1.807, 2.05) is 6.07 Å². The largest absolute Gasteiger partial charge is 0.478 e. The van der Waals surface area contributed by atoms with Crippen LogP contribution in [0.5, 0.6) is 0 Å². The van der Waals surface area contributed by atoms with Crippen molar-refractivity contribution in [2.75, 3.05) is 5.32 Å². The summed E-state index contributed by atoms with van der Waals surface area (Å²) >= 11 is 0. The van der Waals surface area contributed by atoms with Crippen LogP contribution in [0, 0.1) is 0 Å². The van der Waals surface area contributed by atoms with E-state index in [2.05, 4.69) is 5.32 Å². The molecule has 1 amide bonds. The van der Waals surface area contributed by atoms with Gasteiger partial charge in [-0.25, -0.2) is 4.79 Å². The molecule has 0 aromatic heterocycles. The first kappa shape index (κ1) is 9.45. The Bertz CT molecular complexity index is 463. The SMILES string of the molecule is O=C(O)C=Cc1ccc2c(c1)CC(=O)N2. The van der Waals surface area contributed by atoms with Gasteiger partial charge in [-0.2, -0.15) is 0 Å². The Hall–Kier alpha value is -2.10. The molecule has 0 atom stereocenters. The van der Waals surface area contributed by atoms with E-state index >= 15 is 0 Å². The molecule has 0 bridgehead atoms. The summed E-state index contributed by atoms with van der Waals surface area (Å²) in [4.78, 5) is 21.4. The number of anilines is 1. The molecule has 0 unspecified atom stereocenters. The minimum absolute atomic E-state index is 0.0237. The maximum Gasteiger partial charge on any atom is 0.328 e. The van der Waals surface area contributed by atoms with Crippen LogP contribution >= 0.6 is 0 Å². The molecule has 1 aliphatic rings. The molecule has 2 rings (SSSR count). The number of fused-ring (bicyclic) bond motifs is 1. The first-order valence-corrected chi connectivity index (χ1v) is 4.49. The Morgan fingerprint density at radius 1 is 1.47 bits per heavy atom. The molecule has 0 fully saturated rings. The lowest BCUT2D eigenvalue weighted by molar-refractivity contribution is -0.131. The number of rotatable bonds is 2. The van der Waals surface area contributed by atoms with Crippen LogP contribution in [0.25, 0.3) is 6.08 Å². The summed E-state index contributed by atoms with van der Waals surface area (Å²) < 4.78 is 0. The highest BCUT2D eigenvalue weighted by molar-refractivity contribution is 5.99. The number of carbonyl (C=O) groups excluding carboxylic acids is 1. The van der Waals surface area contributed by atoms with Gasteiger partial charge in [0, 0.05) is 11.8 Å². The van der Waals surface area contributed by atoms with Crippen LogP contribution in [0.4, 0.5) is 5.69 Å². The normalized spacial score (nSPS) is 14.0. The molecule has 4 nitrogen and oxygen atoms in total. The number of amides is 1. The van der Waals surface area contributed by atoms with Crippen molar-refractivity contribution in [2.45, 2.75) is 6.42 Å². The van der Waals surface area contributed by atoms with E-state index in [0.29, 0.717) is 6.42 Å². The fourth-order valence-corrected chi connectivity index (χ4v) is 1.52. The van der Waals surface area contributed by atoms with E-state index in [4.69, 9.17) is 5.11 Å². The molecule has 0 saturated heterocycles. The Kier molecular flexibility index (Phi) is 2.25. The first-order valence-electron chi connectivity index (χ1n) is 4.49. The maximum atomic E-state index is 11.1. The van der Waals surface area contributed by atoms with E-state index in [-0.39, 0.29) is 5.91 Å². The quantitative estimate of drug-likeness (QED) is 0.711. The summed E-state index contributed by atoms with van der Waals surface area (Å²) in [6.45, 7) is 0. The monoisotopic (exact) mass is 203 g/mol. The van der Waals surface area contributed by atoms with Gasteiger partial charge in [-0.15, -0.1) is 0 Å². The smallest absolute Gasteiger partial charge is 0.328 e. The summed E-state index contributed by atoms with van der Waals surface area (Å²) in [5.74, 6) is -1.01. The molecular formula is C11H9NO3. The first-order chi connectivity index (χ1) is 7.15. The van der Waals surface area contributed by atoms with Gasteiger partial charge in [0.1, 0.15) is 0 Å². The van der Waals surface area contributed by atoms with Gasteiger partial charge in [-0.1, -0.05) is 6.07 Å².